The summed E-state index contributed by atoms with van der Waals surface area (Å²) in [6.07, 6.45) is 7.36. The first-order valence-electron chi connectivity index (χ1n) is 10.7. The number of nitrogens with zero attached hydrogens (tertiary/aromatic N) is 3. The molecule has 0 spiro atoms. The fraction of sp³-hybridized carbons (Fsp3) is 0.591. The molecule has 4 fully saturated rings. The van der Waals surface area contributed by atoms with Gasteiger partial charge in [-0.3, -0.25) is 14.9 Å². The lowest BCUT2D eigenvalue weighted by molar-refractivity contribution is -0.384. The summed E-state index contributed by atoms with van der Waals surface area (Å²) < 4.78 is 11.3. The van der Waals surface area contributed by atoms with Crippen LogP contribution >= 0.6 is 0 Å². The minimum absolute atomic E-state index is 0.00883. The van der Waals surface area contributed by atoms with E-state index in [0.29, 0.717) is 12.0 Å². The highest BCUT2D eigenvalue weighted by atomic mass is 16.6. The highest BCUT2D eigenvalue weighted by Gasteiger charge is 2.51. The summed E-state index contributed by atoms with van der Waals surface area (Å²) >= 11 is 0. The lowest BCUT2D eigenvalue weighted by Crippen LogP contribution is -2.47. The predicted molar refractivity (Wildman–Crippen MR) is 106 cm³/mol. The first-order valence-corrected chi connectivity index (χ1v) is 10.7. The van der Waals surface area contributed by atoms with Crippen molar-refractivity contribution in [2.24, 2.45) is 23.2 Å². The van der Waals surface area contributed by atoms with E-state index in [9.17, 15) is 14.9 Å². The molecule has 2 aromatic rings. The number of carbonyl (C=O) groups excluding carboxylic acids is 1. The van der Waals surface area contributed by atoms with Gasteiger partial charge in [0, 0.05) is 17.7 Å². The number of esters is 1. The molecule has 1 atom stereocenters. The number of nitro benzene ring substituents is 1. The van der Waals surface area contributed by atoms with Crippen molar-refractivity contribution < 1.29 is 18.9 Å². The molecule has 4 aliphatic carbocycles. The summed E-state index contributed by atoms with van der Waals surface area (Å²) in [4.78, 5) is 23.0. The summed E-state index contributed by atoms with van der Waals surface area (Å²) in [5, 5.41) is 18.8. The zero-order chi connectivity index (χ0) is 20.9. The van der Waals surface area contributed by atoms with Gasteiger partial charge in [-0.2, -0.15) is 0 Å². The first kappa shape index (κ1) is 19.2. The van der Waals surface area contributed by atoms with Crippen molar-refractivity contribution in [3.8, 4) is 11.5 Å². The summed E-state index contributed by atoms with van der Waals surface area (Å²) in [5.74, 6) is 2.65. The zero-order valence-electron chi connectivity index (χ0n) is 17.0. The SMILES string of the molecule is C[C@@H](OC(=O)CC12CC3CC(CC(C3)C1)C2)c1nnc(-c2ccc([N+](=O)[O-])cc2)o1. The molecule has 8 heteroatoms. The Morgan fingerprint density at radius 1 is 1.17 bits per heavy atom. The largest absolute Gasteiger partial charge is 0.453 e. The number of benzene rings is 1. The van der Waals surface area contributed by atoms with Crippen LogP contribution in [0.5, 0.6) is 0 Å². The second kappa shape index (κ2) is 7.18. The molecular formula is C22H25N3O5. The molecule has 1 heterocycles. The summed E-state index contributed by atoms with van der Waals surface area (Å²) in [7, 11) is 0. The third kappa shape index (κ3) is 3.59. The van der Waals surface area contributed by atoms with Gasteiger partial charge < -0.3 is 9.15 Å². The van der Waals surface area contributed by atoms with E-state index in [1.54, 1.807) is 19.1 Å². The van der Waals surface area contributed by atoms with Crippen LogP contribution in [0.1, 0.15) is 63.9 Å². The number of ether oxygens (including phenoxy) is 1. The van der Waals surface area contributed by atoms with Gasteiger partial charge in [-0.05, 0) is 80.8 Å². The Kier molecular flexibility index (Phi) is 4.60. The van der Waals surface area contributed by atoms with Gasteiger partial charge in [0.25, 0.3) is 11.6 Å². The molecule has 158 valence electrons. The molecule has 6 rings (SSSR count). The second-order valence-corrected chi connectivity index (χ2v) is 9.48. The molecular weight excluding hydrogens is 386 g/mol. The zero-order valence-corrected chi connectivity index (χ0v) is 17.0. The average molecular weight is 411 g/mol. The Balaban J connectivity index is 1.22. The number of non-ortho nitro benzene ring substituents is 1. The van der Waals surface area contributed by atoms with E-state index < -0.39 is 11.0 Å². The van der Waals surface area contributed by atoms with Crippen LogP contribution in [0, 0.1) is 33.3 Å². The molecule has 0 radical (unpaired) electrons. The summed E-state index contributed by atoms with van der Waals surface area (Å²) in [6.45, 7) is 1.73. The van der Waals surface area contributed by atoms with Crippen LogP contribution in [-0.4, -0.2) is 21.1 Å². The quantitative estimate of drug-likeness (QED) is 0.379. The van der Waals surface area contributed by atoms with Gasteiger partial charge in [0.2, 0.25) is 5.89 Å². The molecule has 30 heavy (non-hydrogen) atoms. The average Bonchev–Trinajstić information content (AvgIpc) is 3.16. The topological polar surface area (TPSA) is 108 Å². The number of rotatable bonds is 6. The highest BCUT2D eigenvalue weighted by Crippen LogP contribution is 2.61. The first-order chi connectivity index (χ1) is 14.4. The molecule has 4 bridgehead atoms. The van der Waals surface area contributed by atoms with Gasteiger partial charge in [-0.1, -0.05) is 0 Å². The molecule has 8 nitrogen and oxygen atoms in total. The van der Waals surface area contributed by atoms with Crippen molar-refractivity contribution in [1.82, 2.24) is 10.2 Å². The standard InChI is InChI=1S/C22H25N3O5/c1-13(20-23-24-21(30-20)17-2-4-18(5-3-17)25(27)28)29-19(26)12-22-9-14-6-15(10-22)8-16(7-14)11-22/h2-5,13-16H,6-12H2,1H3/t13-,14?,15?,16?,22?/m1/s1. The highest BCUT2D eigenvalue weighted by molar-refractivity contribution is 5.70. The molecule has 0 saturated heterocycles. The van der Waals surface area contributed by atoms with Crippen LogP contribution in [0.2, 0.25) is 0 Å². The third-order valence-electron chi connectivity index (χ3n) is 7.11. The predicted octanol–water partition coefficient (Wildman–Crippen LogP) is 4.86. The Bertz CT molecular complexity index is 932. The maximum atomic E-state index is 12.7. The number of nitro groups is 1. The molecule has 0 N–H and O–H groups in total. The summed E-state index contributed by atoms with van der Waals surface area (Å²) in [5.41, 5.74) is 0.696. The van der Waals surface area contributed by atoms with E-state index in [-0.39, 0.29) is 28.9 Å². The van der Waals surface area contributed by atoms with Crippen molar-refractivity contribution in [2.75, 3.05) is 0 Å². The van der Waals surface area contributed by atoms with E-state index in [4.69, 9.17) is 9.15 Å². The van der Waals surface area contributed by atoms with E-state index >= 15 is 0 Å². The minimum Gasteiger partial charge on any atom is -0.453 e. The van der Waals surface area contributed by atoms with Crippen LogP contribution in [0.4, 0.5) is 5.69 Å². The lowest BCUT2D eigenvalue weighted by atomic mass is 9.49. The molecule has 1 aromatic carbocycles. The molecule has 1 aromatic heterocycles. The number of hydrogen-bond acceptors (Lipinski definition) is 7. The van der Waals surface area contributed by atoms with Crippen molar-refractivity contribution >= 4 is 11.7 Å². The van der Waals surface area contributed by atoms with Gasteiger partial charge in [0.15, 0.2) is 6.10 Å². The fourth-order valence-electron chi connectivity index (χ4n) is 6.34. The van der Waals surface area contributed by atoms with Crippen LogP contribution in [-0.2, 0) is 9.53 Å². The van der Waals surface area contributed by atoms with Crippen molar-refractivity contribution in [2.45, 2.75) is 58.0 Å². The monoisotopic (exact) mass is 411 g/mol. The van der Waals surface area contributed by atoms with Gasteiger partial charge in [0.1, 0.15) is 0 Å². The Morgan fingerprint density at radius 3 is 2.33 bits per heavy atom. The fourth-order valence-corrected chi connectivity index (χ4v) is 6.34. The van der Waals surface area contributed by atoms with Crippen molar-refractivity contribution in [3.63, 3.8) is 0 Å². The lowest BCUT2D eigenvalue weighted by Gasteiger charge is -2.56. The van der Waals surface area contributed by atoms with E-state index in [1.165, 1.54) is 31.4 Å². The van der Waals surface area contributed by atoms with Crippen LogP contribution in [0.3, 0.4) is 0 Å². The Morgan fingerprint density at radius 2 is 1.77 bits per heavy atom. The van der Waals surface area contributed by atoms with E-state index in [2.05, 4.69) is 10.2 Å². The second-order valence-electron chi connectivity index (χ2n) is 9.48. The van der Waals surface area contributed by atoms with Gasteiger partial charge in [0.05, 0.1) is 11.3 Å². The molecule has 0 amide bonds. The molecule has 4 aliphatic rings. The minimum atomic E-state index is -0.634. The number of aromatic nitrogens is 2. The maximum absolute atomic E-state index is 12.7. The molecule has 4 saturated carbocycles. The Labute approximate surface area is 174 Å². The van der Waals surface area contributed by atoms with Gasteiger partial charge in [-0.25, -0.2) is 0 Å². The van der Waals surface area contributed by atoms with Crippen molar-refractivity contribution in [1.29, 1.82) is 0 Å². The number of hydrogen-bond donors (Lipinski definition) is 0. The van der Waals surface area contributed by atoms with Crippen molar-refractivity contribution in [3.05, 3.63) is 40.3 Å². The number of carbonyl (C=O) groups is 1. The van der Waals surface area contributed by atoms with Crippen LogP contribution in [0.15, 0.2) is 28.7 Å². The Hall–Kier alpha value is -2.77. The summed E-state index contributed by atoms with van der Waals surface area (Å²) in [6, 6.07) is 5.88. The normalized spacial score (nSPS) is 30.2. The van der Waals surface area contributed by atoms with Crippen LogP contribution < -0.4 is 0 Å². The van der Waals surface area contributed by atoms with E-state index in [0.717, 1.165) is 37.0 Å². The maximum Gasteiger partial charge on any atom is 0.307 e. The van der Waals surface area contributed by atoms with E-state index in [1.807, 2.05) is 0 Å². The third-order valence-corrected chi connectivity index (χ3v) is 7.11. The van der Waals surface area contributed by atoms with Gasteiger partial charge in [-0.15, -0.1) is 10.2 Å². The molecule has 0 unspecified atom stereocenters. The van der Waals surface area contributed by atoms with Crippen LogP contribution in [0.25, 0.3) is 11.5 Å². The molecule has 0 aliphatic heterocycles. The smallest absolute Gasteiger partial charge is 0.307 e. The van der Waals surface area contributed by atoms with Gasteiger partial charge >= 0.3 is 5.97 Å².